The minimum Gasteiger partial charge on any atom is -0.493 e. The Morgan fingerprint density at radius 1 is 1.29 bits per heavy atom. The van der Waals surface area contributed by atoms with E-state index in [0.29, 0.717) is 13.2 Å². The van der Waals surface area contributed by atoms with Gasteiger partial charge >= 0.3 is 0 Å². The Hall–Kier alpha value is -0.770. The van der Waals surface area contributed by atoms with Gasteiger partial charge in [0.2, 0.25) is 0 Å². The molecule has 0 atom stereocenters. The maximum Gasteiger partial charge on any atom is 0.125 e. The number of hydrogen-bond acceptors (Lipinski definition) is 3. The molecule has 0 unspecified atom stereocenters. The van der Waals surface area contributed by atoms with Crippen LogP contribution in [0.15, 0.2) is 18.2 Å². The molecule has 96 valence electrons. The van der Waals surface area contributed by atoms with Crippen molar-refractivity contribution in [2.75, 3.05) is 26.9 Å². The molecule has 0 aliphatic heterocycles. The van der Waals surface area contributed by atoms with Crippen LogP contribution in [0.4, 0.5) is 0 Å². The molecular formula is C13H20ClNO2. The second kappa shape index (κ2) is 8.34. The molecule has 1 aromatic rings. The molecule has 3 nitrogen and oxygen atoms in total. The van der Waals surface area contributed by atoms with Crippen LogP contribution >= 0.6 is 11.6 Å². The van der Waals surface area contributed by atoms with Crippen molar-refractivity contribution in [3.05, 3.63) is 28.8 Å². The topological polar surface area (TPSA) is 30.5 Å². The molecule has 0 aliphatic carbocycles. The molecule has 0 radical (unpaired) electrons. The number of ether oxygens (including phenoxy) is 2. The maximum absolute atomic E-state index is 6.16. The van der Waals surface area contributed by atoms with Gasteiger partial charge < -0.3 is 14.8 Å². The zero-order valence-electron chi connectivity index (χ0n) is 10.5. The van der Waals surface area contributed by atoms with Gasteiger partial charge in [-0.15, -0.1) is 0 Å². The van der Waals surface area contributed by atoms with E-state index < -0.39 is 0 Å². The van der Waals surface area contributed by atoms with Gasteiger partial charge in [-0.1, -0.05) is 24.6 Å². The van der Waals surface area contributed by atoms with Crippen molar-refractivity contribution in [3.63, 3.8) is 0 Å². The number of methoxy groups -OCH3 is 1. The quantitative estimate of drug-likeness (QED) is 0.727. The lowest BCUT2D eigenvalue weighted by Gasteiger charge is -2.13. The molecule has 1 rings (SSSR count). The number of nitrogens with one attached hydrogen (secondary N) is 1. The number of halogens is 1. The number of hydrogen-bond donors (Lipinski definition) is 1. The predicted molar refractivity (Wildman–Crippen MR) is 70.8 cm³/mol. The minimum atomic E-state index is 0.646. The molecule has 0 spiro atoms. The molecule has 1 aromatic carbocycles. The van der Waals surface area contributed by atoms with E-state index in [1.54, 1.807) is 7.11 Å². The van der Waals surface area contributed by atoms with Crippen LogP contribution in [0.2, 0.25) is 5.02 Å². The SMILES string of the molecule is CCNCc1c(Cl)cccc1OCCCOC. The third-order valence-electron chi connectivity index (χ3n) is 2.38. The summed E-state index contributed by atoms with van der Waals surface area (Å²) in [7, 11) is 1.69. The molecule has 0 amide bonds. The summed E-state index contributed by atoms with van der Waals surface area (Å²) < 4.78 is 10.7. The van der Waals surface area contributed by atoms with Crippen molar-refractivity contribution >= 4 is 11.6 Å². The van der Waals surface area contributed by atoms with Gasteiger partial charge in [-0.3, -0.25) is 0 Å². The fourth-order valence-corrected chi connectivity index (χ4v) is 1.71. The van der Waals surface area contributed by atoms with Gasteiger partial charge in [-0.25, -0.2) is 0 Å². The third kappa shape index (κ3) is 4.94. The predicted octanol–water partition coefficient (Wildman–Crippen LogP) is 2.86. The molecule has 0 saturated carbocycles. The van der Waals surface area contributed by atoms with Gasteiger partial charge in [0.05, 0.1) is 6.61 Å². The Bertz CT molecular complexity index is 331. The summed E-state index contributed by atoms with van der Waals surface area (Å²) in [5.74, 6) is 0.856. The molecule has 0 heterocycles. The van der Waals surface area contributed by atoms with E-state index in [9.17, 15) is 0 Å². The lowest BCUT2D eigenvalue weighted by Crippen LogP contribution is -2.13. The monoisotopic (exact) mass is 257 g/mol. The van der Waals surface area contributed by atoms with E-state index >= 15 is 0 Å². The summed E-state index contributed by atoms with van der Waals surface area (Å²) >= 11 is 6.16. The normalized spacial score (nSPS) is 10.5. The van der Waals surface area contributed by atoms with Gasteiger partial charge in [0.15, 0.2) is 0 Å². The van der Waals surface area contributed by atoms with E-state index in [4.69, 9.17) is 21.1 Å². The van der Waals surface area contributed by atoms with Crippen LogP contribution in [0.25, 0.3) is 0 Å². The molecule has 0 aliphatic rings. The molecule has 0 aromatic heterocycles. The largest absolute Gasteiger partial charge is 0.493 e. The smallest absolute Gasteiger partial charge is 0.125 e. The summed E-state index contributed by atoms with van der Waals surface area (Å²) in [6.07, 6.45) is 0.879. The first-order chi connectivity index (χ1) is 8.29. The van der Waals surface area contributed by atoms with E-state index in [1.807, 2.05) is 18.2 Å². The van der Waals surface area contributed by atoms with Crippen molar-refractivity contribution in [1.29, 1.82) is 0 Å². The average Bonchev–Trinajstić information content (AvgIpc) is 2.34. The first kappa shape index (κ1) is 14.3. The summed E-state index contributed by atoms with van der Waals surface area (Å²) in [6.45, 7) is 5.07. The lowest BCUT2D eigenvalue weighted by molar-refractivity contribution is 0.171. The standard InChI is InChI=1S/C13H20ClNO2/c1-3-15-10-11-12(14)6-4-7-13(11)17-9-5-8-16-2/h4,6-7,15H,3,5,8-10H2,1-2H3. The van der Waals surface area contributed by atoms with E-state index in [1.165, 1.54) is 0 Å². The van der Waals surface area contributed by atoms with Gasteiger partial charge in [-0.2, -0.15) is 0 Å². The Kier molecular flexibility index (Phi) is 7.01. The second-order valence-corrected chi connectivity index (χ2v) is 4.10. The molecule has 4 heteroatoms. The highest BCUT2D eigenvalue weighted by Crippen LogP contribution is 2.26. The van der Waals surface area contributed by atoms with Gasteiger partial charge in [-0.05, 0) is 18.7 Å². The Morgan fingerprint density at radius 3 is 2.82 bits per heavy atom. The van der Waals surface area contributed by atoms with Crippen LogP contribution < -0.4 is 10.1 Å². The first-order valence-electron chi connectivity index (χ1n) is 5.89. The van der Waals surface area contributed by atoms with E-state index in [0.717, 1.165) is 35.8 Å². The van der Waals surface area contributed by atoms with Crippen LogP contribution in [0.1, 0.15) is 18.9 Å². The van der Waals surface area contributed by atoms with Gasteiger partial charge in [0.1, 0.15) is 5.75 Å². The molecule has 0 bridgehead atoms. The summed E-state index contributed by atoms with van der Waals surface area (Å²) in [4.78, 5) is 0. The minimum absolute atomic E-state index is 0.646. The zero-order chi connectivity index (χ0) is 12.5. The molecule has 1 N–H and O–H groups in total. The molecular weight excluding hydrogens is 238 g/mol. The fraction of sp³-hybridized carbons (Fsp3) is 0.538. The Labute approximate surface area is 108 Å². The van der Waals surface area contributed by atoms with Crippen LogP contribution in [-0.2, 0) is 11.3 Å². The van der Waals surface area contributed by atoms with Crippen LogP contribution in [0.3, 0.4) is 0 Å². The molecule has 17 heavy (non-hydrogen) atoms. The summed E-state index contributed by atoms with van der Waals surface area (Å²) in [6, 6.07) is 5.74. The number of rotatable bonds is 8. The van der Waals surface area contributed by atoms with Crippen molar-refractivity contribution in [2.45, 2.75) is 19.9 Å². The van der Waals surface area contributed by atoms with E-state index in [-0.39, 0.29) is 0 Å². The van der Waals surface area contributed by atoms with Crippen molar-refractivity contribution in [2.24, 2.45) is 0 Å². The molecule has 0 saturated heterocycles. The third-order valence-corrected chi connectivity index (χ3v) is 2.73. The lowest BCUT2D eigenvalue weighted by atomic mass is 10.2. The second-order valence-electron chi connectivity index (χ2n) is 3.69. The zero-order valence-corrected chi connectivity index (χ0v) is 11.2. The highest BCUT2D eigenvalue weighted by atomic mass is 35.5. The maximum atomic E-state index is 6.16. The molecule has 0 fully saturated rings. The Morgan fingerprint density at radius 2 is 2.12 bits per heavy atom. The van der Waals surface area contributed by atoms with Crippen LogP contribution in [0, 0.1) is 0 Å². The van der Waals surface area contributed by atoms with Crippen LogP contribution in [-0.4, -0.2) is 26.9 Å². The van der Waals surface area contributed by atoms with Gasteiger partial charge in [0.25, 0.3) is 0 Å². The fourth-order valence-electron chi connectivity index (χ4n) is 1.48. The van der Waals surface area contributed by atoms with Crippen molar-refractivity contribution in [1.82, 2.24) is 5.32 Å². The highest BCUT2D eigenvalue weighted by molar-refractivity contribution is 6.31. The van der Waals surface area contributed by atoms with Crippen LogP contribution in [0.5, 0.6) is 5.75 Å². The highest BCUT2D eigenvalue weighted by Gasteiger charge is 2.07. The summed E-state index contributed by atoms with van der Waals surface area (Å²) in [5, 5.41) is 4.00. The summed E-state index contributed by atoms with van der Waals surface area (Å²) in [5.41, 5.74) is 1.02. The van der Waals surface area contributed by atoms with Crippen molar-refractivity contribution < 1.29 is 9.47 Å². The Balaban J connectivity index is 2.59. The van der Waals surface area contributed by atoms with E-state index in [2.05, 4.69) is 12.2 Å². The average molecular weight is 258 g/mol. The van der Waals surface area contributed by atoms with Crippen molar-refractivity contribution in [3.8, 4) is 5.75 Å². The first-order valence-corrected chi connectivity index (χ1v) is 6.27. The van der Waals surface area contributed by atoms with Gasteiger partial charge in [0, 0.05) is 37.3 Å². The number of benzene rings is 1.